The van der Waals surface area contributed by atoms with Gasteiger partial charge in [0.25, 0.3) is 0 Å². The quantitative estimate of drug-likeness (QED) is 0.689. The highest BCUT2D eigenvalue weighted by Crippen LogP contribution is 2.33. The molecule has 3 heterocycles. The maximum absolute atomic E-state index is 13.5. The fourth-order valence-corrected chi connectivity index (χ4v) is 5.00. The van der Waals surface area contributed by atoms with Crippen LogP contribution in [-0.2, 0) is 17.9 Å². The standard InChI is InChI=1S/C25H29F2N3O3/c26-21-4-1-18(13-22(21)27)16-30-8-7-20(3-6-25(30)31)29-11-9-28(10-12-29)15-19-2-5-23-24(14-19)33-17-32-23/h1-2,4-5,13-14,20H,3,6-12,15-17H2. The molecule has 0 N–H and O–H groups in total. The Morgan fingerprint density at radius 3 is 2.39 bits per heavy atom. The molecule has 0 saturated carbocycles. The Balaban J connectivity index is 1.12. The minimum atomic E-state index is -0.869. The first-order valence-corrected chi connectivity index (χ1v) is 11.6. The number of benzene rings is 2. The Morgan fingerprint density at radius 2 is 1.58 bits per heavy atom. The molecule has 3 aliphatic heterocycles. The lowest BCUT2D eigenvalue weighted by Crippen LogP contribution is -2.50. The van der Waals surface area contributed by atoms with Crippen LogP contribution in [0.3, 0.4) is 0 Å². The van der Waals surface area contributed by atoms with Crippen LogP contribution in [0.1, 0.15) is 30.4 Å². The lowest BCUT2D eigenvalue weighted by Gasteiger charge is -2.39. The zero-order valence-corrected chi connectivity index (χ0v) is 18.6. The maximum Gasteiger partial charge on any atom is 0.231 e. The number of piperazine rings is 1. The first-order chi connectivity index (χ1) is 16.0. The Morgan fingerprint density at radius 1 is 0.818 bits per heavy atom. The van der Waals surface area contributed by atoms with Crippen molar-refractivity contribution in [3.8, 4) is 11.5 Å². The number of fused-ring (bicyclic) bond motifs is 1. The molecular weight excluding hydrogens is 428 g/mol. The van der Waals surface area contributed by atoms with Gasteiger partial charge in [0.05, 0.1) is 0 Å². The molecular formula is C25H29F2N3O3. The Hall–Kier alpha value is -2.71. The molecule has 176 valence electrons. The Labute approximate surface area is 192 Å². The van der Waals surface area contributed by atoms with Crippen molar-refractivity contribution >= 4 is 5.91 Å². The SMILES string of the molecule is O=C1CCC(N2CCN(Cc3ccc4c(c3)OCO4)CC2)CCN1Cc1ccc(F)c(F)c1. The summed E-state index contributed by atoms with van der Waals surface area (Å²) in [5.74, 6) is -0.0131. The minimum Gasteiger partial charge on any atom is -0.454 e. The van der Waals surface area contributed by atoms with Crippen LogP contribution in [0.25, 0.3) is 0 Å². The fraction of sp³-hybridized carbons (Fsp3) is 0.480. The highest BCUT2D eigenvalue weighted by molar-refractivity contribution is 5.76. The molecule has 3 aliphatic rings. The second kappa shape index (κ2) is 9.65. The number of likely N-dealkylation sites (tertiary alicyclic amines) is 1. The van der Waals surface area contributed by atoms with Crippen LogP contribution in [-0.4, -0.2) is 66.2 Å². The van der Waals surface area contributed by atoms with E-state index in [1.165, 1.54) is 11.6 Å². The number of hydrogen-bond donors (Lipinski definition) is 0. The van der Waals surface area contributed by atoms with E-state index in [-0.39, 0.29) is 5.91 Å². The highest BCUT2D eigenvalue weighted by atomic mass is 19.2. The Bertz CT molecular complexity index is 1010. The van der Waals surface area contributed by atoms with E-state index in [2.05, 4.69) is 21.9 Å². The molecule has 2 fully saturated rings. The number of carbonyl (C=O) groups excluding carboxylic acids is 1. The lowest BCUT2D eigenvalue weighted by atomic mass is 10.1. The van der Waals surface area contributed by atoms with Crippen LogP contribution in [0.4, 0.5) is 8.78 Å². The first-order valence-electron chi connectivity index (χ1n) is 11.6. The van der Waals surface area contributed by atoms with E-state index in [4.69, 9.17) is 9.47 Å². The smallest absolute Gasteiger partial charge is 0.231 e. The summed E-state index contributed by atoms with van der Waals surface area (Å²) >= 11 is 0. The third-order valence-electron chi connectivity index (χ3n) is 6.90. The molecule has 0 radical (unpaired) electrons. The highest BCUT2D eigenvalue weighted by Gasteiger charge is 2.29. The number of halogens is 2. The molecule has 8 heteroatoms. The molecule has 1 atom stereocenters. The van der Waals surface area contributed by atoms with Crippen molar-refractivity contribution in [1.82, 2.24) is 14.7 Å². The second-order valence-electron chi connectivity index (χ2n) is 9.04. The van der Waals surface area contributed by atoms with Gasteiger partial charge < -0.3 is 14.4 Å². The van der Waals surface area contributed by atoms with Crippen molar-refractivity contribution in [2.45, 2.75) is 38.4 Å². The molecule has 2 aromatic carbocycles. The van der Waals surface area contributed by atoms with Crippen LogP contribution in [0.2, 0.25) is 0 Å². The summed E-state index contributed by atoms with van der Waals surface area (Å²) in [6.45, 7) is 6.06. The molecule has 2 saturated heterocycles. The van der Waals surface area contributed by atoms with Gasteiger partial charge in [-0.3, -0.25) is 14.6 Å². The van der Waals surface area contributed by atoms with Crippen molar-refractivity contribution in [1.29, 1.82) is 0 Å². The van der Waals surface area contributed by atoms with Crippen LogP contribution >= 0.6 is 0 Å². The average Bonchev–Trinajstić information content (AvgIpc) is 3.21. The number of carbonyl (C=O) groups is 1. The van der Waals surface area contributed by atoms with E-state index in [1.54, 1.807) is 11.0 Å². The number of nitrogens with zero attached hydrogens (tertiary/aromatic N) is 3. The predicted molar refractivity (Wildman–Crippen MR) is 119 cm³/mol. The summed E-state index contributed by atoms with van der Waals surface area (Å²) < 4.78 is 37.6. The molecule has 0 aliphatic carbocycles. The summed E-state index contributed by atoms with van der Waals surface area (Å²) in [6, 6.07) is 10.4. The van der Waals surface area contributed by atoms with Gasteiger partial charge in [0.2, 0.25) is 12.7 Å². The minimum absolute atomic E-state index is 0.0867. The molecule has 33 heavy (non-hydrogen) atoms. The van der Waals surface area contributed by atoms with Crippen LogP contribution in [0.5, 0.6) is 11.5 Å². The largest absolute Gasteiger partial charge is 0.454 e. The number of rotatable bonds is 5. The van der Waals surface area contributed by atoms with Crippen molar-refractivity contribution in [2.24, 2.45) is 0 Å². The van der Waals surface area contributed by atoms with E-state index in [0.29, 0.717) is 37.9 Å². The third kappa shape index (κ3) is 5.12. The van der Waals surface area contributed by atoms with Gasteiger partial charge in [-0.15, -0.1) is 0 Å². The van der Waals surface area contributed by atoms with E-state index in [1.807, 2.05) is 6.07 Å². The van der Waals surface area contributed by atoms with Crippen molar-refractivity contribution in [3.05, 3.63) is 59.2 Å². The van der Waals surface area contributed by atoms with Gasteiger partial charge in [-0.2, -0.15) is 0 Å². The van der Waals surface area contributed by atoms with Crippen molar-refractivity contribution in [3.63, 3.8) is 0 Å². The van der Waals surface area contributed by atoms with E-state index < -0.39 is 11.6 Å². The zero-order chi connectivity index (χ0) is 22.8. The molecule has 0 aromatic heterocycles. The van der Waals surface area contributed by atoms with E-state index in [9.17, 15) is 13.6 Å². The number of hydrogen-bond acceptors (Lipinski definition) is 5. The predicted octanol–water partition coefficient (Wildman–Crippen LogP) is 3.39. The van der Waals surface area contributed by atoms with Crippen LogP contribution < -0.4 is 9.47 Å². The average molecular weight is 458 g/mol. The summed E-state index contributed by atoms with van der Waals surface area (Å²) in [4.78, 5) is 19.4. The molecule has 5 rings (SSSR count). The normalized spacial score (nSPS) is 21.9. The maximum atomic E-state index is 13.5. The van der Waals surface area contributed by atoms with E-state index >= 15 is 0 Å². The number of amides is 1. The van der Waals surface area contributed by atoms with Gasteiger partial charge in [-0.05, 0) is 48.2 Å². The molecule has 6 nitrogen and oxygen atoms in total. The second-order valence-corrected chi connectivity index (χ2v) is 9.04. The van der Waals surface area contributed by atoms with E-state index in [0.717, 1.165) is 63.1 Å². The lowest BCUT2D eigenvalue weighted by molar-refractivity contribution is -0.131. The summed E-state index contributed by atoms with van der Waals surface area (Å²) in [5, 5.41) is 0. The van der Waals surface area contributed by atoms with Crippen molar-refractivity contribution in [2.75, 3.05) is 39.5 Å². The fourth-order valence-electron chi connectivity index (χ4n) is 5.00. The van der Waals surface area contributed by atoms with Gasteiger partial charge in [0.1, 0.15) is 0 Å². The topological polar surface area (TPSA) is 45.3 Å². The van der Waals surface area contributed by atoms with Gasteiger partial charge in [-0.1, -0.05) is 12.1 Å². The van der Waals surface area contributed by atoms with Gasteiger partial charge >= 0.3 is 0 Å². The molecule has 0 spiro atoms. The van der Waals surface area contributed by atoms with Gasteiger partial charge in [-0.25, -0.2) is 8.78 Å². The summed E-state index contributed by atoms with van der Waals surface area (Å²) in [5.41, 5.74) is 1.85. The molecule has 2 aromatic rings. The Kier molecular flexibility index (Phi) is 6.46. The third-order valence-corrected chi connectivity index (χ3v) is 6.90. The first kappa shape index (κ1) is 22.1. The zero-order valence-electron chi connectivity index (χ0n) is 18.6. The molecule has 0 bridgehead atoms. The molecule has 1 amide bonds. The van der Waals surface area contributed by atoms with Gasteiger partial charge in [0, 0.05) is 58.3 Å². The van der Waals surface area contributed by atoms with Crippen LogP contribution in [0, 0.1) is 11.6 Å². The van der Waals surface area contributed by atoms with Crippen LogP contribution in [0.15, 0.2) is 36.4 Å². The van der Waals surface area contributed by atoms with Gasteiger partial charge in [0.15, 0.2) is 23.1 Å². The summed E-state index contributed by atoms with van der Waals surface area (Å²) in [6.07, 6.45) is 2.23. The number of ether oxygens (including phenoxy) is 2. The van der Waals surface area contributed by atoms with Crippen molar-refractivity contribution < 1.29 is 23.0 Å². The summed E-state index contributed by atoms with van der Waals surface area (Å²) in [7, 11) is 0. The molecule has 1 unspecified atom stereocenters. The monoisotopic (exact) mass is 457 g/mol.